The van der Waals surface area contributed by atoms with E-state index in [1.54, 1.807) is 0 Å². The molecule has 1 N–H and O–H groups in total. The number of fused-ring (bicyclic) bond motifs is 1. The summed E-state index contributed by atoms with van der Waals surface area (Å²) < 4.78 is 29.1. The maximum absolute atomic E-state index is 13.9. The number of carbonyl (C=O) groups excluding carboxylic acids is 1. The minimum atomic E-state index is -0.656. The molecular formula is C25H22ClF2N5O. The molecule has 6 nitrogen and oxygen atoms in total. The van der Waals surface area contributed by atoms with Crippen molar-refractivity contribution in [3.05, 3.63) is 76.9 Å². The van der Waals surface area contributed by atoms with Gasteiger partial charge in [-0.25, -0.2) is 13.8 Å². The van der Waals surface area contributed by atoms with Crippen molar-refractivity contribution in [3.8, 4) is 11.3 Å². The lowest BCUT2D eigenvalue weighted by Gasteiger charge is -2.33. The highest BCUT2D eigenvalue weighted by Crippen LogP contribution is 2.28. The standard InChI is InChI=1S/C25H22ClF2N5O/c1-15-12-24(33-23(29-15)14-21(31-33)16-2-4-18(26)5-3-16)32-10-8-17(9-11-32)25(34)30-22-13-19(27)6-7-20(22)28/h2-7,12-14,17H,8-11H2,1H3,(H,30,34). The molecule has 2 aromatic heterocycles. The predicted molar refractivity (Wildman–Crippen MR) is 128 cm³/mol. The van der Waals surface area contributed by atoms with Crippen LogP contribution in [0, 0.1) is 24.5 Å². The van der Waals surface area contributed by atoms with Gasteiger partial charge in [0.1, 0.15) is 17.5 Å². The number of hydrogen-bond donors (Lipinski definition) is 1. The Morgan fingerprint density at radius 1 is 1.06 bits per heavy atom. The Hall–Kier alpha value is -3.52. The second kappa shape index (κ2) is 9.02. The monoisotopic (exact) mass is 481 g/mol. The lowest BCUT2D eigenvalue weighted by atomic mass is 9.95. The molecule has 1 amide bonds. The van der Waals surface area contributed by atoms with Crippen molar-refractivity contribution in [3.63, 3.8) is 0 Å². The van der Waals surface area contributed by atoms with E-state index in [1.165, 1.54) is 0 Å². The Morgan fingerprint density at radius 2 is 1.79 bits per heavy atom. The number of carbonyl (C=O) groups is 1. The second-order valence-corrected chi connectivity index (χ2v) is 8.87. The number of hydrogen-bond acceptors (Lipinski definition) is 4. The first-order valence-electron chi connectivity index (χ1n) is 11.0. The molecule has 5 rings (SSSR count). The van der Waals surface area contributed by atoms with Gasteiger partial charge in [-0.3, -0.25) is 4.79 Å². The first-order chi connectivity index (χ1) is 16.4. The number of anilines is 2. The number of rotatable bonds is 4. The van der Waals surface area contributed by atoms with Crippen LogP contribution in [-0.2, 0) is 4.79 Å². The van der Waals surface area contributed by atoms with Crippen LogP contribution < -0.4 is 10.2 Å². The van der Waals surface area contributed by atoms with E-state index < -0.39 is 11.6 Å². The Kier molecular flexibility index (Phi) is 5.91. The molecule has 174 valence electrons. The van der Waals surface area contributed by atoms with Crippen LogP contribution in [0.3, 0.4) is 0 Å². The third-order valence-electron chi connectivity index (χ3n) is 6.05. The summed E-state index contributed by atoms with van der Waals surface area (Å²) >= 11 is 6.01. The van der Waals surface area contributed by atoms with Gasteiger partial charge in [0.15, 0.2) is 5.65 Å². The average Bonchev–Trinajstić information content (AvgIpc) is 3.25. The molecule has 1 saturated heterocycles. The summed E-state index contributed by atoms with van der Waals surface area (Å²) in [6, 6.07) is 14.4. The fraction of sp³-hybridized carbons (Fsp3) is 0.240. The zero-order chi connectivity index (χ0) is 23.8. The molecule has 9 heteroatoms. The summed E-state index contributed by atoms with van der Waals surface area (Å²) in [5.41, 5.74) is 3.21. The van der Waals surface area contributed by atoms with Gasteiger partial charge in [0.05, 0.1) is 11.4 Å². The number of amides is 1. The quantitative estimate of drug-likeness (QED) is 0.418. The van der Waals surface area contributed by atoms with Crippen LogP contribution >= 0.6 is 11.6 Å². The van der Waals surface area contributed by atoms with E-state index in [0.717, 1.165) is 46.6 Å². The third-order valence-corrected chi connectivity index (χ3v) is 6.30. The van der Waals surface area contributed by atoms with E-state index in [1.807, 2.05) is 47.8 Å². The van der Waals surface area contributed by atoms with Crippen molar-refractivity contribution in [1.29, 1.82) is 0 Å². The molecule has 4 aromatic rings. The van der Waals surface area contributed by atoms with Crippen LogP contribution in [0.2, 0.25) is 5.02 Å². The van der Waals surface area contributed by atoms with Crippen LogP contribution in [0.4, 0.5) is 20.3 Å². The Labute approximate surface area is 200 Å². The highest BCUT2D eigenvalue weighted by molar-refractivity contribution is 6.30. The fourth-order valence-corrected chi connectivity index (χ4v) is 4.39. The molecule has 1 aliphatic heterocycles. The molecule has 1 aliphatic rings. The van der Waals surface area contributed by atoms with Gasteiger partial charge in [0.2, 0.25) is 5.91 Å². The molecule has 2 aromatic carbocycles. The van der Waals surface area contributed by atoms with Gasteiger partial charge in [-0.2, -0.15) is 9.61 Å². The summed E-state index contributed by atoms with van der Waals surface area (Å²) in [5.74, 6) is -0.945. The van der Waals surface area contributed by atoms with Gasteiger partial charge in [-0.1, -0.05) is 23.7 Å². The number of nitrogens with one attached hydrogen (secondary N) is 1. The molecular weight excluding hydrogens is 460 g/mol. The number of aromatic nitrogens is 3. The van der Waals surface area contributed by atoms with Crippen LogP contribution in [0.5, 0.6) is 0 Å². The van der Waals surface area contributed by atoms with E-state index in [4.69, 9.17) is 16.7 Å². The van der Waals surface area contributed by atoms with E-state index in [2.05, 4.69) is 15.2 Å². The van der Waals surface area contributed by atoms with Gasteiger partial charge in [0.25, 0.3) is 0 Å². The molecule has 0 bridgehead atoms. The molecule has 0 radical (unpaired) electrons. The Balaban J connectivity index is 1.33. The fourth-order valence-electron chi connectivity index (χ4n) is 4.27. The van der Waals surface area contributed by atoms with Crippen LogP contribution in [-0.4, -0.2) is 33.6 Å². The summed E-state index contributed by atoms with van der Waals surface area (Å²) in [6.45, 7) is 3.18. The van der Waals surface area contributed by atoms with E-state index in [9.17, 15) is 13.6 Å². The summed E-state index contributed by atoms with van der Waals surface area (Å²) in [4.78, 5) is 19.5. The van der Waals surface area contributed by atoms with Crippen LogP contribution in [0.25, 0.3) is 16.9 Å². The zero-order valence-electron chi connectivity index (χ0n) is 18.4. The van der Waals surface area contributed by atoms with Crippen molar-refractivity contribution in [2.75, 3.05) is 23.3 Å². The maximum Gasteiger partial charge on any atom is 0.227 e. The third kappa shape index (κ3) is 4.46. The first kappa shape index (κ1) is 22.3. The molecule has 0 aliphatic carbocycles. The molecule has 3 heterocycles. The molecule has 0 spiro atoms. The molecule has 0 unspecified atom stereocenters. The minimum Gasteiger partial charge on any atom is -0.356 e. The summed E-state index contributed by atoms with van der Waals surface area (Å²) in [5, 5.41) is 7.96. The van der Waals surface area contributed by atoms with Crippen LogP contribution in [0.1, 0.15) is 18.5 Å². The van der Waals surface area contributed by atoms with Gasteiger partial charge in [-0.05, 0) is 44.0 Å². The Bertz CT molecular complexity index is 1360. The number of benzene rings is 2. The van der Waals surface area contributed by atoms with Crippen LogP contribution in [0.15, 0.2) is 54.6 Å². The van der Waals surface area contributed by atoms with E-state index >= 15 is 0 Å². The lowest BCUT2D eigenvalue weighted by Crippen LogP contribution is -2.39. The average molecular weight is 482 g/mol. The van der Waals surface area contributed by atoms with E-state index in [0.29, 0.717) is 31.0 Å². The maximum atomic E-state index is 13.9. The van der Waals surface area contributed by atoms with Crippen molar-refractivity contribution in [2.45, 2.75) is 19.8 Å². The molecule has 0 atom stereocenters. The van der Waals surface area contributed by atoms with Crippen molar-refractivity contribution in [1.82, 2.24) is 14.6 Å². The number of nitrogens with zero attached hydrogens (tertiary/aromatic N) is 4. The summed E-state index contributed by atoms with van der Waals surface area (Å²) in [7, 11) is 0. The topological polar surface area (TPSA) is 62.5 Å². The van der Waals surface area contributed by atoms with Crippen molar-refractivity contribution >= 4 is 34.7 Å². The molecule has 0 saturated carbocycles. The van der Waals surface area contributed by atoms with Gasteiger partial charge in [-0.15, -0.1) is 0 Å². The normalized spacial score (nSPS) is 14.5. The van der Waals surface area contributed by atoms with Crippen molar-refractivity contribution < 1.29 is 13.6 Å². The Morgan fingerprint density at radius 3 is 2.53 bits per heavy atom. The largest absolute Gasteiger partial charge is 0.356 e. The SMILES string of the molecule is Cc1cc(N2CCC(C(=O)Nc3cc(F)ccc3F)CC2)n2nc(-c3ccc(Cl)cc3)cc2n1. The van der Waals surface area contributed by atoms with Gasteiger partial charge < -0.3 is 10.2 Å². The van der Waals surface area contributed by atoms with Gasteiger partial charge in [0, 0.05) is 53.5 Å². The lowest BCUT2D eigenvalue weighted by molar-refractivity contribution is -0.120. The zero-order valence-corrected chi connectivity index (χ0v) is 19.2. The highest BCUT2D eigenvalue weighted by Gasteiger charge is 2.27. The molecule has 34 heavy (non-hydrogen) atoms. The number of aryl methyl sites for hydroxylation is 1. The molecule has 1 fully saturated rings. The number of piperidine rings is 1. The highest BCUT2D eigenvalue weighted by atomic mass is 35.5. The first-order valence-corrected chi connectivity index (χ1v) is 11.4. The second-order valence-electron chi connectivity index (χ2n) is 8.44. The van der Waals surface area contributed by atoms with Crippen molar-refractivity contribution in [2.24, 2.45) is 5.92 Å². The predicted octanol–water partition coefficient (Wildman–Crippen LogP) is 5.49. The smallest absolute Gasteiger partial charge is 0.227 e. The summed E-state index contributed by atoms with van der Waals surface area (Å²) in [6.07, 6.45) is 1.16. The number of halogens is 3. The minimum absolute atomic E-state index is 0.134. The van der Waals surface area contributed by atoms with E-state index in [-0.39, 0.29) is 17.5 Å². The van der Waals surface area contributed by atoms with Gasteiger partial charge >= 0.3 is 0 Å².